The van der Waals surface area contributed by atoms with Gasteiger partial charge in [-0.1, -0.05) is 35.9 Å². The molecule has 5 nitrogen and oxygen atoms in total. The van der Waals surface area contributed by atoms with Crippen LogP contribution in [0.4, 0.5) is 5.69 Å². The Morgan fingerprint density at radius 1 is 1.12 bits per heavy atom. The van der Waals surface area contributed by atoms with Gasteiger partial charge in [-0.2, -0.15) is 5.10 Å². The summed E-state index contributed by atoms with van der Waals surface area (Å²) < 4.78 is 1.87. The van der Waals surface area contributed by atoms with E-state index in [1.807, 2.05) is 71.7 Å². The average Bonchev–Trinajstić information content (AvgIpc) is 3.07. The second-order valence-electron chi connectivity index (χ2n) is 5.64. The zero-order valence-electron chi connectivity index (χ0n) is 13.7. The number of hydrogen-bond donors (Lipinski definition) is 2. The van der Waals surface area contributed by atoms with Crippen molar-refractivity contribution < 1.29 is 0 Å². The summed E-state index contributed by atoms with van der Waals surface area (Å²) in [6.07, 6.45) is 4.68. The normalized spacial score (nSPS) is 11.5. The Hall–Kier alpha value is -3.08. The first kappa shape index (κ1) is 15.8. The molecule has 2 aromatic carbocycles. The van der Waals surface area contributed by atoms with E-state index in [9.17, 15) is 0 Å². The first-order valence-corrected chi connectivity index (χ1v) is 7.93. The molecule has 0 radical (unpaired) electrons. The summed E-state index contributed by atoms with van der Waals surface area (Å²) >= 11 is 0. The number of aryl methyl sites for hydroxylation is 1. The van der Waals surface area contributed by atoms with Crippen LogP contribution in [-0.4, -0.2) is 22.3 Å². The molecule has 1 aromatic heterocycles. The van der Waals surface area contributed by atoms with Crippen molar-refractivity contribution >= 4 is 11.6 Å². The Kier molecular flexibility index (Phi) is 4.91. The van der Waals surface area contributed by atoms with Gasteiger partial charge in [0.25, 0.3) is 0 Å². The second kappa shape index (κ2) is 7.46. The van der Waals surface area contributed by atoms with E-state index in [1.165, 1.54) is 5.56 Å². The minimum absolute atomic E-state index is 0.425. The zero-order valence-corrected chi connectivity index (χ0v) is 13.7. The highest BCUT2D eigenvalue weighted by Gasteiger charge is 2.01. The quantitative estimate of drug-likeness (QED) is 0.561. The molecular weight excluding hydrogens is 298 g/mol. The van der Waals surface area contributed by atoms with Gasteiger partial charge in [-0.25, -0.2) is 4.68 Å². The number of benzene rings is 2. The lowest BCUT2D eigenvalue weighted by Gasteiger charge is -2.05. The zero-order chi connectivity index (χ0) is 16.8. The minimum Gasteiger partial charge on any atom is -0.370 e. The van der Waals surface area contributed by atoms with Crippen LogP contribution in [0.3, 0.4) is 0 Å². The van der Waals surface area contributed by atoms with E-state index < -0.39 is 0 Å². The van der Waals surface area contributed by atoms with Gasteiger partial charge < -0.3 is 11.1 Å². The third-order valence-corrected chi connectivity index (χ3v) is 3.66. The number of aromatic nitrogens is 2. The molecule has 0 bridgehead atoms. The molecule has 0 saturated carbocycles. The highest BCUT2D eigenvalue weighted by Crippen LogP contribution is 2.09. The van der Waals surface area contributed by atoms with Crippen LogP contribution in [-0.2, 0) is 6.42 Å². The van der Waals surface area contributed by atoms with Gasteiger partial charge in [0.1, 0.15) is 0 Å². The van der Waals surface area contributed by atoms with Crippen molar-refractivity contribution in [3.05, 3.63) is 78.1 Å². The third kappa shape index (κ3) is 4.23. The predicted molar refractivity (Wildman–Crippen MR) is 98.6 cm³/mol. The van der Waals surface area contributed by atoms with E-state index in [2.05, 4.69) is 22.3 Å². The molecule has 0 saturated heterocycles. The van der Waals surface area contributed by atoms with Crippen molar-refractivity contribution in [1.82, 2.24) is 9.78 Å². The van der Waals surface area contributed by atoms with Gasteiger partial charge >= 0.3 is 0 Å². The summed E-state index contributed by atoms with van der Waals surface area (Å²) in [5.74, 6) is 0.425. The van der Waals surface area contributed by atoms with E-state index in [0.29, 0.717) is 12.5 Å². The van der Waals surface area contributed by atoms with Gasteiger partial charge in [0.2, 0.25) is 0 Å². The number of guanidine groups is 1. The lowest BCUT2D eigenvalue weighted by atomic mass is 10.2. The molecule has 5 heteroatoms. The molecule has 1 heterocycles. The van der Waals surface area contributed by atoms with Crippen molar-refractivity contribution in [2.24, 2.45) is 10.7 Å². The number of anilines is 1. The summed E-state index contributed by atoms with van der Waals surface area (Å²) in [5.41, 5.74) is 10.3. The van der Waals surface area contributed by atoms with Crippen LogP contribution >= 0.6 is 0 Å². The lowest BCUT2D eigenvalue weighted by Crippen LogP contribution is -2.23. The number of aliphatic imine (C=N–C) groups is 1. The van der Waals surface area contributed by atoms with Crippen LogP contribution in [0.1, 0.15) is 11.1 Å². The first-order chi connectivity index (χ1) is 11.7. The number of nitrogens with one attached hydrogen (secondary N) is 1. The molecule has 122 valence electrons. The van der Waals surface area contributed by atoms with Gasteiger partial charge in [-0.15, -0.1) is 0 Å². The van der Waals surface area contributed by atoms with E-state index in [0.717, 1.165) is 23.4 Å². The van der Waals surface area contributed by atoms with Crippen LogP contribution in [0.25, 0.3) is 5.69 Å². The lowest BCUT2D eigenvalue weighted by molar-refractivity contribution is 0.879. The molecule has 24 heavy (non-hydrogen) atoms. The Morgan fingerprint density at radius 2 is 1.88 bits per heavy atom. The van der Waals surface area contributed by atoms with Crippen LogP contribution in [0, 0.1) is 6.92 Å². The molecule has 0 aliphatic rings. The average molecular weight is 319 g/mol. The predicted octanol–water partition coefficient (Wildman–Crippen LogP) is 3.15. The second-order valence-corrected chi connectivity index (χ2v) is 5.64. The summed E-state index contributed by atoms with van der Waals surface area (Å²) in [5, 5.41) is 7.47. The number of nitrogens with two attached hydrogens (primary N) is 1. The third-order valence-electron chi connectivity index (χ3n) is 3.66. The molecular formula is C19H21N5. The van der Waals surface area contributed by atoms with Crippen molar-refractivity contribution in [3.63, 3.8) is 0 Å². The van der Waals surface area contributed by atoms with Crippen molar-refractivity contribution in [3.8, 4) is 5.69 Å². The summed E-state index contributed by atoms with van der Waals surface area (Å²) in [4.78, 5) is 4.37. The first-order valence-electron chi connectivity index (χ1n) is 7.93. The highest BCUT2D eigenvalue weighted by atomic mass is 15.3. The van der Waals surface area contributed by atoms with Crippen molar-refractivity contribution in [1.29, 1.82) is 0 Å². The molecule has 0 fully saturated rings. The number of rotatable bonds is 5. The van der Waals surface area contributed by atoms with E-state index in [4.69, 9.17) is 5.73 Å². The standard InChI is InChI=1S/C19H21N5/c1-15-7-9-17(10-8-15)23-19(20)21-12-11-16-13-22-24(14-16)18-5-3-2-4-6-18/h2-10,13-14H,11-12H2,1H3,(H3,20,21,23). The highest BCUT2D eigenvalue weighted by molar-refractivity contribution is 5.92. The maximum absolute atomic E-state index is 5.92. The van der Waals surface area contributed by atoms with E-state index in [1.54, 1.807) is 0 Å². The topological polar surface area (TPSA) is 68.2 Å². The fourth-order valence-corrected chi connectivity index (χ4v) is 2.34. The van der Waals surface area contributed by atoms with E-state index in [-0.39, 0.29) is 0 Å². The summed E-state index contributed by atoms with van der Waals surface area (Å²) in [6, 6.07) is 18.1. The van der Waals surface area contributed by atoms with Crippen LogP contribution in [0.2, 0.25) is 0 Å². The number of hydrogen-bond acceptors (Lipinski definition) is 2. The fraction of sp³-hybridized carbons (Fsp3) is 0.158. The van der Waals surface area contributed by atoms with Gasteiger partial charge in [-0.05, 0) is 43.2 Å². The van der Waals surface area contributed by atoms with Gasteiger partial charge in [0, 0.05) is 18.4 Å². The Labute approximate surface area is 141 Å². The maximum Gasteiger partial charge on any atom is 0.193 e. The monoisotopic (exact) mass is 319 g/mol. The number of para-hydroxylation sites is 1. The number of nitrogens with zero attached hydrogens (tertiary/aromatic N) is 3. The SMILES string of the molecule is Cc1ccc(NC(N)=NCCc2cnn(-c3ccccc3)c2)cc1. The van der Waals surface area contributed by atoms with Crippen LogP contribution in [0.5, 0.6) is 0 Å². The Morgan fingerprint density at radius 3 is 2.62 bits per heavy atom. The Bertz CT molecular complexity index is 803. The molecule has 0 unspecified atom stereocenters. The van der Waals surface area contributed by atoms with Gasteiger partial charge in [0.05, 0.1) is 11.9 Å². The molecule has 3 aromatic rings. The smallest absolute Gasteiger partial charge is 0.193 e. The van der Waals surface area contributed by atoms with Gasteiger partial charge in [0.15, 0.2) is 5.96 Å². The van der Waals surface area contributed by atoms with E-state index >= 15 is 0 Å². The molecule has 0 spiro atoms. The van der Waals surface area contributed by atoms with Crippen molar-refractivity contribution in [2.45, 2.75) is 13.3 Å². The molecule has 0 aliphatic heterocycles. The maximum atomic E-state index is 5.92. The van der Waals surface area contributed by atoms with Gasteiger partial charge in [-0.3, -0.25) is 4.99 Å². The molecule has 3 N–H and O–H groups in total. The fourth-order valence-electron chi connectivity index (χ4n) is 2.34. The van der Waals surface area contributed by atoms with Crippen LogP contribution < -0.4 is 11.1 Å². The summed E-state index contributed by atoms with van der Waals surface area (Å²) in [6.45, 7) is 2.67. The molecule has 3 rings (SSSR count). The largest absolute Gasteiger partial charge is 0.370 e. The minimum atomic E-state index is 0.425. The summed E-state index contributed by atoms with van der Waals surface area (Å²) in [7, 11) is 0. The molecule has 0 amide bonds. The Balaban J connectivity index is 1.54. The van der Waals surface area contributed by atoms with Crippen molar-refractivity contribution in [2.75, 3.05) is 11.9 Å². The molecule has 0 aliphatic carbocycles. The molecule has 0 atom stereocenters. The van der Waals surface area contributed by atoms with Crippen LogP contribution in [0.15, 0.2) is 72.0 Å².